The smallest absolute Gasteiger partial charge is 0.00890 e. The van der Waals surface area contributed by atoms with E-state index in [9.17, 15) is 0 Å². The summed E-state index contributed by atoms with van der Waals surface area (Å²) < 4.78 is 0. The van der Waals surface area contributed by atoms with E-state index in [1.54, 1.807) is 0 Å². The second kappa shape index (κ2) is 10.5. The van der Waals surface area contributed by atoms with Crippen molar-refractivity contribution in [2.24, 2.45) is 0 Å². The van der Waals surface area contributed by atoms with E-state index < -0.39 is 0 Å². The van der Waals surface area contributed by atoms with Gasteiger partial charge >= 0.3 is 0 Å². The van der Waals surface area contributed by atoms with Crippen molar-refractivity contribution in [3.63, 3.8) is 0 Å². The van der Waals surface area contributed by atoms with Gasteiger partial charge in [0.1, 0.15) is 0 Å². The van der Waals surface area contributed by atoms with E-state index in [4.69, 9.17) is 0 Å². The summed E-state index contributed by atoms with van der Waals surface area (Å²) in [5.41, 5.74) is 0. The van der Waals surface area contributed by atoms with Gasteiger partial charge in [-0.25, -0.2) is 0 Å². The number of unbranched alkanes of at least 4 members (excludes halogenated alkanes) is 5. The van der Waals surface area contributed by atoms with E-state index >= 15 is 0 Å². The van der Waals surface area contributed by atoms with Crippen LogP contribution < -0.4 is 0 Å². The fraction of sp³-hybridized carbons (Fsp3) is 1.00. The molecule has 0 saturated carbocycles. The molecule has 0 fully saturated rings. The number of hydrogen-bond donors (Lipinski definition) is 0. The Morgan fingerprint density at radius 2 is 1.33 bits per heavy atom. The number of nitrogens with zero attached hydrogens (tertiary/aromatic N) is 1. The summed E-state index contributed by atoms with van der Waals surface area (Å²) >= 11 is 0. The molecule has 1 atom stereocenters. The molecule has 0 aliphatic carbocycles. The minimum absolute atomic E-state index is 0.821. The van der Waals surface area contributed by atoms with Crippen LogP contribution in [0.15, 0.2) is 0 Å². The van der Waals surface area contributed by atoms with Crippen LogP contribution in [0, 0.1) is 0 Å². The van der Waals surface area contributed by atoms with Crippen molar-refractivity contribution in [2.45, 2.75) is 77.7 Å². The monoisotopic (exact) mass is 213 g/mol. The Bertz CT molecular complexity index is 121. The van der Waals surface area contributed by atoms with Crippen LogP contribution in [0.5, 0.6) is 0 Å². The Kier molecular flexibility index (Phi) is 10.4. The highest BCUT2D eigenvalue weighted by Gasteiger charge is 2.08. The lowest BCUT2D eigenvalue weighted by atomic mass is 10.0. The third kappa shape index (κ3) is 8.92. The van der Waals surface area contributed by atoms with Gasteiger partial charge in [-0.2, -0.15) is 0 Å². The molecule has 0 aliphatic rings. The Morgan fingerprint density at radius 3 is 1.87 bits per heavy atom. The van der Waals surface area contributed by atoms with Crippen molar-refractivity contribution >= 4 is 0 Å². The molecule has 1 heteroatoms. The van der Waals surface area contributed by atoms with Crippen LogP contribution in [0.4, 0.5) is 0 Å². The first-order chi connectivity index (χ1) is 7.22. The second-order valence-corrected chi connectivity index (χ2v) is 4.96. The van der Waals surface area contributed by atoms with Crippen LogP contribution in [0.1, 0.15) is 71.6 Å². The minimum atomic E-state index is 0.821. The Hall–Kier alpha value is -0.0400. The van der Waals surface area contributed by atoms with Crippen molar-refractivity contribution in [2.75, 3.05) is 14.1 Å². The normalized spacial score (nSPS) is 13.4. The summed E-state index contributed by atoms with van der Waals surface area (Å²) in [4.78, 5) is 2.40. The van der Waals surface area contributed by atoms with E-state index in [2.05, 4.69) is 32.8 Å². The average molecular weight is 213 g/mol. The predicted octanol–water partition coefficient (Wildman–Crippen LogP) is 4.47. The minimum Gasteiger partial charge on any atom is -0.306 e. The SMILES string of the molecule is CCCCCCCCC(CCC)N(C)C. The molecule has 0 aromatic carbocycles. The lowest BCUT2D eigenvalue weighted by molar-refractivity contribution is 0.256. The quantitative estimate of drug-likeness (QED) is 0.484. The van der Waals surface area contributed by atoms with E-state index in [-0.39, 0.29) is 0 Å². The van der Waals surface area contributed by atoms with Gasteiger partial charge in [0.2, 0.25) is 0 Å². The molecule has 0 radical (unpaired) electrons. The van der Waals surface area contributed by atoms with Crippen LogP contribution in [-0.2, 0) is 0 Å². The maximum absolute atomic E-state index is 2.40. The molecular weight excluding hydrogens is 182 g/mol. The molecule has 0 saturated heterocycles. The summed E-state index contributed by atoms with van der Waals surface area (Å²) in [6.07, 6.45) is 12.6. The Balaban J connectivity index is 3.37. The van der Waals surface area contributed by atoms with E-state index in [0.717, 1.165) is 6.04 Å². The molecule has 0 spiro atoms. The molecule has 0 aliphatic heterocycles. The zero-order valence-electron chi connectivity index (χ0n) is 11.4. The fourth-order valence-corrected chi connectivity index (χ4v) is 2.15. The summed E-state index contributed by atoms with van der Waals surface area (Å²) in [7, 11) is 4.44. The highest BCUT2D eigenvalue weighted by atomic mass is 15.1. The number of rotatable bonds is 10. The van der Waals surface area contributed by atoms with E-state index in [1.807, 2.05) is 0 Å². The third-order valence-electron chi connectivity index (χ3n) is 3.24. The average Bonchev–Trinajstić information content (AvgIpc) is 2.21. The van der Waals surface area contributed by atoms with Crippen molar-refractivity contribution in [3.05, 3.63) is 0 Å². The van der Waals surface area contributed by atoms with Gasteiger partial charge in [-0.15, -0.1) is 0 Å². The van der Waals surface area contributed by atoms with E-state index in [0.29, 0.717) is 0 Å². The maximum atomic E-state index is 2.40. The summed E-state index contributed by atoms with van der Waals surface area (Å²) in [5, 5.41) is 0. The highest BCUT2D eigenvalue weighted by Crippen LogP contribution is 2.14. The molecule has 0 aromatic heterocycles. The van der Waals surface area contributed by atoms with Gasteiger partial charge in [0.25, 0.3) is 0 Å². The standard InChI is InChI=1S/C14H31N/c1-5-7-8-9-10-11-13-14(12-6-2)15(3)4/h14H,5-13H2,1-4H3. The van der Waals surface area contributed by atoms with Crippen molar-refractivity contribution in [1.82, 2.24) is 4.90 Å². The first-order valence-corrected chi connectivity index (χ1v) is 6.88. The van der Waals surface area contributed by atoms with Gasteiger partial charge in [-0.3, -0.25) is 0 Å². The zero-order chi connectivity index (χ0) is 11.5. The van der Waals surface area contributed by atoms with Gasteiger partial charge in [-0.1, -0.05) is 58.8 Å². The predicted molar refractivity (Wildman–Crippen MR) is 70.4 cm³/mol. The lowest BCUT2D eigenvalue weighted by Gasteiger charge is -2.23. The molecule has 0 aromatic rings. The zero-order valence-corrected chi connectivity index (χ0v) is 11.4. The van der Waals surface area contributed by atoms with Crippen LogP contribution >= 0.6 is 0 Å². The van der Waals surface area contributed by atoms with Crippen molar-refractivity contribution in [1.29, 1.82) is 0 Å². The molecule has 1 nitrogen and oxygen atoms in total. The Morgan fingerprint density at radius 1 is 0.733 bits per heavy atom. The summed E-state index contributed by atoms with van der Waals surface area (Å²) in [6.45, 7) is 4.57. The van der Waals surface area contributed by atoms with Crippen LogP contribution in [0.2, 0.25) is 0 Å². The van der Waals surface area contributed by atoms with Crippen LogP contribution in [-0.4, -0.2) is 25.0 Å². The van der Waals surface area contributed by atoms with E-state index in [1.165, 1.54) is 57.8 Å². The second-order valence-electron chi connectivity index (χ2n) is 4.96. The molecule has 0 N–H and O–H groups in total. The summed E-state index contributed by atoms with van der Waals surface area (Å²) in [6, 6.07) is 0.821. The third-order valence-corrected chi connectivity index (χ3v) is 3.24. The van der Waals surface area contributed by atoms with Gasteiger partial charge in [0.15, 0.2) is 0 Å². The van der Waals surface area contributed by atoms with Gasteiger partial charge < -0.3 is 4.90 Å². The molecule has 1 unspecified atom stereocenters. The van der Waals surface area contributed by atoms with Crippen LogP contribution in [0.3, 0.4) is 0 Å². The fourth-order valence-electron chi connectivity index (χ4n) is 2.15. The molecular formula is C14H31N. The molecule has 15 heavy (non-hydrogen) atoms. The number of hydrogen-bond acceptors (Lipinski definition) is 1. The van der Waals surface area contributed by atoms with Crippen molar-refractivity contribution in [3.8, 4) is 0 Å². The topological polar surface area (TPSA) is 3.24 Å². The van der Waals surface area contributed by atoms with Gasteiger partial charge in [0, 0.05) is 6.04 Å². The molecule has 0 amide bonds. The van der Waals surface area contributed by atoms with Gasteiger partial charge in [-0.05, 0) is 26.9 Å². The lowest BCUT2D eigenvalue weighted by Crippen LogP contribution is -2.27. The molecule has 0 bridgehead atoms. The van der Waals surface area contributed by atoms with Gasteiger partial charge in [0.05, 0.1) is 0 Å². The first kappa shape index (κ1) is 15.0. The largest absolute Gasteiger partial charge is 0.306 e. The molecule has 0 rings (SSSR count). The Labute approximate surface area is 97.2 Å². The molecule has 92 valence electrons. The maximum Gasteiger partial charge on any atom is 0.00890 e. The molecule has 0 heterocycles. The first-order valence-electron chi connectivity index (χ1n) is 6.88. The van der Waals surface area contributed by atoms with Crippen molar-refractivity contribution < 1.29 is 0 Å². The summed E-state index contributed by atoms with van der Waals surface area (Å²) in [5.74, 6) is 0. The van der Waals surface area contributed by atoms with Crippen LogP contribution in [0.25, 0.3) is 0 Å². The highest BCUT2D eigenvalue weighted by molar-refractivity contribution is 4.65.